The first-order valence-electron chi connectivity index (χ1n) is 11.2. The van der Waals surface area contributed by atoms with E-state index >= 15 is 0 Å². The molecule has 3 nitrogen and oxygen atoms in total. The first-order valence-corrected chi connectivity index (χ1v) is 11.2. The molecule has 4 rings (SSSR count). The maximum absolute atomic E-state index is 10.4. The van der Waals surface area contributed by atoms with Crippen LogP contribution in [-0.2, 0) is 6.42 Å². The number of aliphatic hydroxyl groups is 1. The molecule has 0 spiro atoms. The molecule has 1 atom stereocenters. The zero-order valence-electron chi connectivity index (χ0n) is 18.1. The molecule has 3 N–H and O–H groups in total. The molecule has 4 aromatic rings. The normalized spacial score (nSPS) is 12.6. The predicted molar refractivity (Wildman–Crippen MR) is 128 cm³/mol. The Balaban J connectivity index is 1.87. The summed E-state index contributed by atoms with van der Waals surface area (Å²) in [7, 11) is 0. The third kappa shape index (κ3) is 3.95. The lowest BCUT2D eigenvalue weighted by atomic mass is 10.0. The van der Waals surface area contributed by atoms with Crippen LogP contribution in [0.4, 0.5) is 5.69 Å². The summed E-state index contributed by atoms with van der Waals surface area (Å²) < 4.78 is 2.30. The Morgan fingerprint density at radius 2 is 1.53 bits per heavy atom. The van der Waals surface area contributed by atoms with E-state index in [9.17, 15) is 5.11 Å². The van der Waals surface area contributed by atoms with Gasteiger partial charge in [-0.15, -0.1) is 0 Å². The molecule has 1 aromatic heterocycles. The van der Waals surface area contributed by atoms with Gasteiger partial charge in [0.15, 0.2) is 0 Å². The van der Waals surface area contributed by atoms with Gasteiger partial charge in [0.25, 0.3) is 0 Å². The smallest absolute Gasteiger partial charge is 0.0787 e. The van der Waals surface area contributed by atoms with Gasteiger partial charge in [-0.3, -0.25) is 0 Å². The first kappa shape index (κ1) is 20.5. The van der Waals surface area contributed by atoms with E-state index in [-0.39, 0.29) is 0 Å². The monoisotopic (exact) mass is 400 g/mol. The lowest BCUT2D eigenvalue weighted by Crippen LogP contribution is -1.96. The molecular weight excluding hydrogens is 368 g/mol. The highest BCUT2D eigenvalue weighted by molar-refractivity contribution is 6.09. The minimum Gasteiger partial charge on any atom is -0.399 e. The van der Waals surface area contributed by atoms with Crippen LogP contribution in [0.1, 0.15) is 63.2 Å². The molecule has 0 radical (unpaired) electrons. The quantitative estimate of drug-likeness (QED) is 0.249. The third-order valence-electron chi connectivity index (χ3n) is 6.10. The second-order valence-corrected chi connectivity index (χ2v) is 8.29. The Morgan fingerprint density at radius 1 is 0.833 bits per heavy atom. The summed E-state index contributed by atoms with van der Waals surface area (Å²) in [6, 6.07) is 21.3. The van der Waals surface area contributed by atoms with Gasteiger partial charge in [0.05, 0.1) is 17.1 Å². The first-order chi connectivity index (χ1) is 14.6. The Hall–Kier alpha value is -2.78. The van der Waals surface area contributed by atoms with E-state index in [1.165, 1.54) is 47.5 Å². The highest BCUT2D eigenvalue weighted by Crippen LogP contribution is 2.35. The highest BCUT2D eigenvalue weighted by atomic mass is 16.3. The number of rotatable bonds is 8. The van der Waals surface area contributed by atoms with Gasteiger partial charge in [0, 0.05) is 22.1 Å². The van der Waals surface area contributed by atoms with E-state index in [0.717, 1.165) is 28.9 Å². The van der Waals surface area contributed by atoms with E-state index in [1.54, 1.807) is 0 Å². The molecule has 0 bridgehead atoms. The van der Waals surface area contributed by atoms with E-state index in [2.05, 4.69) is 60.0 Å². The van der Waals surface area contributed by atoms with Gasteiger partial charge in [-0.25, -0.2) is 0 Å². The van der Waals surface area contributed by atoms with Gasteiger partial charge in [-0.05, 0) is 78.9 Å². The van der Waals surface area contributed by atoms with Crippen LogP contribution in [0.3, 0.4) is 0 Å². The maximum Gasteiger partial charge on any atom is 0.0787 e. The second kappa shape index (κ2) is 8.93. The topological polar surface area (TPSA) is 51.2 Å². The summed E-state index contributed by atoms with van der Waals surface area (Å²) in [6.07, 6.45) is 6.48. The van der Waals surface area contributed by atoms with Crippen molar-refractivity contribution in [3.63, 3.8) is 0 Å². The zero-order chi connectivity index (χ0) is 21.1. The van der Waals surface area contributed by atoms with Gasteiger partial charge in [-0.1, -0.05) is 45.2 Å². The van der Waals surface area contributed by atoms with Gasteiger partial charge < -0.3 is 15.4 Å². The molecule has 0 aliphatic heterocycles. The number of unbranched alkanes of at least 4 members (excludes halogenated alkanes) is 3. The number of nitrogen functional groups attached to an aromatic ring is 1. The second-order valence-electron chi connectivity index (χ2n) is 8.29. The van der Waals surface area contributed by atoms with E-state index in [4.69, 9.17) is 5.73 Å². The number of aliphatic hydroxyl groups excluding tert-OH is 1. The Labute approximate surface area is 179 Å². The molecule has 3 aromatic carbocycles. The molecule has 3 heteroatoms. The number of aromatic nitrogens is 1. The van der Waals surface area contributed by atoms with Crippen LogP contribution in [0.15, 0.2) is 60.7 Å². The van der Waals surface area contributed by atoms with Crippen LogP contribution in [-0.4, -0.2) is 9.67 Å². The molecule has 0 aliphatic rings. The molecule has 156 valence electrons. The standard InChI is InChI=1S/C27H32N2O/c1-3-5-6-7-8-19-9-15-25-23(17-19)24-18-20(27(30)4-2)10-16-26(24)29(25)22-13-11-21(28)12-14-22/h9-18,27,30H,3-8,28H2,1-2H3. The van der Waals surface area contributed by atoms with Crippen LogP contribution < -0.4 is 5.73 Å². The van der Waals surface area contributed by atoms with Crippen LogP contribution in [0, 0.1) is 0 Å². The minimum atomic E-state index is -0.429. The molecule has 30 heavy (non-hydrogen) atoms. The summed E-state index contributed by atoms with van der Waals surface area (Å²) in [5.41, 5.74) is 12.5. The summed E-state index contributed by atoms with van der Waals surface area (Å²) in [5.74, 6) is 0. The van der Waals surface area contributed by atoms with Gasteiger partial charge >= 0.3 is 0 Å². The minimum absolute atomic E-state index is 0.429. The summed E-state index contributed by atoms with van der Waals surface area (Å²) in [6.45, 7) is 4.27. The van der Waals surface area contributed by atoms with Crippen molar-refractivity contribution in [1.29, 1.82) is 0 Å². The zero-order valence-corrected chi connectivity index (χ0v) is 18.1. The lowest BCUT2D eigenvalue weighted by Gasteiger charge is -2.10. The summed E-state index contributed by atoms with van der Waals surface area (Å²) in [4.78, 5) is 0. The average Bonchev–Trinajstić information content (AvgIpc) is 3.10. The molecule has 0 saturated heterocycles. The number of aryl methyl sites for hydroxylation is 1. The largest absolute Gasteiger partial charge is 0.399 e. The van der Waals surface area contributed by atoms with Crippen molar-refractivity contribution in [3.8, 4) is 5.69 Å². The van der Waals surface area contributed by atoms with Crippen LogP contribution >= 0.6 is 0 Å². The van der Waals surface area contributed by atoms with Crippen molar-refractivity contribution in [2.45, 2.75) is 58.5 Å². The molecular formula is C27H32N2O. The Morgan fingerprint density at radius 3 is 2.23 bits per heavy atom. The van der Waals surface area contributed by atoms with Crippen molar-refractivity contribution in [2.24, 2.45) is 0 Å². The SMILES string of the molecule is CCCCCCc1ccc2c(c1)c1cc(C(O)CC)ccc1n2-c1ccc(N)cc1. The number of nitrogens with zero attached hydrogens (tertiary/aromatic N) is 1. The number of benzene rings is 3. The van der Waals surface area contributed by atoms with Gasteiger partial charge in [0.2, 0.25) is 0 Å². The molecule has 0 amide bonds. The number of anilines is 1. The number of hydrogen-bond donors (Lipinski definition) is 2. The highest BCUT2D eigenvalue weighted by Gasteiger charge is 2.15. The molecule has 1 heterocycles. The van der Waals surface area contributed by atoms with Crippen molar-refractivity contribution < 1.29 is 5.11 Å². The fraction of sp³-hybridized carbons (Fsp3) is 0.333. The summed E-state index contributed by atoms with van der Waals surface area (Å²) in [5, 5.41) is 12.9. The Bertz CT molecular complexity index is 1140. The third-order valence-corrected chi connectivity index (χ3v) is 6.10. The van der Waals surface area contributed by atoms with Crippen molar-refractivity contribution in [3.05, 3.63) is 71.8 Å². The lowest BCUT2D eigenvalue weighted by molar-refractivity contribution is 0.174. The molecule has 0 saturated carbocycles. The van der Waals surface area contributed by atoms with Crippen LogP contribution in [0.2, 0.25) is 0 Å². The predicted octanol–water partition coefficient (Wildman–Crippen LogP) is 6.93. The van der Waals surface area contributed by atoms with Crippen LogP contribution in [0.25, 0.3) is 27.5 Å². The van der Waals surface area contributed by atoms with E-state index < -0.39 is 6.10 Å². The summed E-state index contributed by atoms with van der Waals surface area (Å²) >= 11 is 0. The number of nitrogens with two attached hydrogens (primary N) is 1. The fourth-order valence-electron chi connectivity index (χ4n) is 4.34. The Kier molecular flexibility index (Phi) is 6.10. The van der Waals surface area contributed by atoms with E-state index in [1.807, 2.05) is 19.1 Å². The molecule has 0 aliphatic carbocycles. The number of hydrogen-bond acceptors (Lipinski definition) is 2. The molecule has 0 fully saturated rings. The van der Waals surface area contributed by atoms with Gasteiger partial charge in [0.1, 0.15) is 0 Å². The van der Waals surface area contributed by atoms with Gasteiger partial charge in [-0.2, -0.15) is 0 Å². The van der Waals surface area contributed by atoms with Crippen molar-refractivity contribution in [1.82, 2.24) is 4.57 Å². The average molecular weight is 401 g/mol. The molecule has 1 unspecified atom stereocenters. The maximum atomic E-state index is 10.4. The van der Waals surface area contributed by atoms with Crippen LogP contribution in [0.5, 0.6) is 0 Å². The van der Waals surface area contributed by atoms with Crippen molar-refractivity contribution in [2.75, 3.05) is 5.73 Å². The number of fused-ring (bicyclic) bond motifs is 3. The fourth-order valence-corrected chi connectivity index (χ4v) is 4.34. The van der Waals surface area contributed by atoms with E-state index in [0.29, 0.717) is 6.42 Å². The van der Waals surface area contributed by atoms with Crippen molar-refractivity contribution >= 4 is 27.5 Å².